The van der Waals surface area contributed by atoms with Gasteiger partial charge in [0.1, 0.15) is 11.7 Å². The molecule has 1 saturated heterocycles. The maximum Gasteiger partial charge on any atom is 0.249 e. The lowest BCUT2D eigenvalue weighted by molar-refractivity contribution is -0.120. The summed E-state index contributed by atoms with van der Waals surface area (Å²) in [5.74, 6) is 5.05. The smallest absolute Gasteiger partial charge is 0.249 e. The zero-order valence-electron chi connectivity index (χ0n) is 19.2. The number of amides is 1. The summed E-state index contributed by atoms with van der Waals surface area (Å²) in [5, 5.41) is 3.57. The van der Waals surface area contributed by atoms with Gasteiger partial charge in [0.25, 0.3) is 0 Å². The van der Waals surface area contributed by atoms with Gasteiger partial charge in [0.2, 0.25) is 11.9 Å². The predicted molar refractivity (Wildman–Crippen MR) is 125 cm³/mol. The Morgan fingerprint density at radius 2 is 1.97 bits per heavy atom. The number of nitrogens with one attached hydrogen (secondary N) is 1. The molecule has 1 aliphatic carbocycles. The standard InChI is InChI=1S/C24H36N6O/c1-5-13-29-14-11-18(12-15-29)17(3)26-24-25-16-21-22(27-24)30(19-9-7-8-10-19)20(6-2)23(31)28(21)4/h1,16-20H,6-15H2,2-4H3,(H,25,26,27)/t17-,20?/m0/s1. The molecule has 31 heavy (non-hydrogen) atoms. The molecule has 1 aromatic heterocycles. The van der Waals surface area contributed by atoms with E-state index in [1.807, 2.05) is 13.2 Å². The summed E-state index contributed by atoms with van der Waals surface area (Å²) in [6.07, 6.45) is 15.0. The fraction of sp³-hybridized carbons (Fsp3) is 0.708. The second-order valence-electron chi connectivity index (χ2n) is 9.32. The highest BCUT2D eigenvalue weighted by Gasteiger charge is 2.41. The summed E-state index contributed by atoms with van der Waals surface area (Å²) >= 11 is 0. The average Bonchev–Trinajstić information content (AvgIpc) is 3.31. The molecule has 0 aromatic carbocycles. The van der Waals surface area contributed by atoms with Crippen LogP contribution in [0.1, 0.15) is 58.8 Å². The Kier molecular flexibility index (Phi) is 6.66. The van der Waals surface area contributed by atoms with E-state index in [0.717, 1.165) is 63.2 Å². The number of hydrogen-bond acceptors (Lipinski definition) is 6. The van der Waals surface area contributed by atoms with E-state index in [-0.39, 0.29) is 18.0 Å². The number of piperidine rings is 1. The molecule has 7 heteroatoms. The van der Waals surface area contributed by atoms with Crippen molar-refractivity contribution in [1.82, 2.24) is 14.9 Å². The molecule has 4 rings (SSSR count). The van der Waals surface area contributed by atoms with Gasteiger partial charge in [-0.25, -0.2) is 4.98 Å². The molecule has 2 atom stereocenters. The van der Waals surface area contributed by atoms with Crippen molar-refractivity contribution in [1.29, 1.82) is 0 Å². The van der Waals surface area contributed by atoms with E-state index in [1.54, 1.807) is 4.90 Å². The first-order chi connectivity index (χ1) is 15.0. The molecule has 0 radical (unpaired) electrons. The van der Waals surface area contributed by atoms with Crippen LogP contribution in [-0.4, -0.2) is 65.6 Å². The number of likely N-dealkylation sites (N-methyl/N-ethyl adjacent to an activating group) is 1. The first-order valence-electron chi connectivity index (χ1n) is 11.9. The summed E-state index contributed by atoms with van der Waals surface area (Å²) in [4.78, 5) is 29.0. The highest BCUT2D eigenvalue weighted by molar-refractivity contribution is 6.04. The fourth-order valence-electron chi connectivity index (χ4n) is 5.51. The molecule has 3 heterocycles. The van der Waals surface area contributed by atoms with E-state index >= 15 is 0 Å². The van der Waals surface area contributed by atoms with Gasteiger partial charge in [-0.3, -0.25) is 9.69 Å². The Hall–Kier alpha value is -2.33. The molecule has 1 aromatic rings. The molecule has 168 valence electrons. The second kappa shape index (κ2) is 9.44. The topological polar surface area (TPSA) is 64.6 Å². The van der Waals surface area contributed by atoms with Crippen LogP contribution in [0.25, 0.3) is 0 Å². The van der Waals surface area contributed by atoms with Crippen molar-refractivity contribution < 1.29 is 4.79 Å². The van der Waals surface area contributed by atoms with Crippen molar-refractivity contribution in [2.75, 3.05) is 41.8 Å². The number of hydrogen-bond donors (Lipinski definition) is 1. The monoisotopic (exact) mass is 424 g/mol. The largest absolute Gasteiger partial charge is 0.351 e. The van der Waals surface area contributed by atoms with Gasteiger partial charge in [-0.05, 0) is 58.0 Å². The van der Waals surface area contributed by atoms with Crippen LogP contribution in [0.3, 0.4) is 0 Å². The van der Waals surface area contributed by atoms with E-state index in [9.17, 15) is 4.79 Å². The number of terminal acetylenes is 1. The molecule has 2 fully saturated rings. The minimum absolute atomic E-state index is 0.138. The van der Waals surface area contributed by atoms with Crippen molar-refractivity contribution in [3.63, 3.8) is 0 Å². The number of aromatic nitrogens is 2. The summed E-state index contributed by atoms with van der Waals surface area (Å²) in [7, 11) is 1.85. The Morgan fingerprint density at radius 1 is 1.26 bits per heavy atom. The molecule has 1 amide bonds. The minimum Gasteiger partial charge on any atom is -0.351 e. The van der Waals surface area contributed by atoms with E-state index in [4.69, 9.17) is 11.4 Å². The lowest BCUT2D eigenvalue weighted by Crippen LogP contribution is -2.55. The zero-order chi connectivity index (χ0) is 22.0. The first-order valence-corrected chi connectivity index (χ1v) is 11.9. The van der Waals surface area contributed by atoms with Gasteiger partial charge in [0.15, 0.2) is 5.82 Å². The summed E-state index contributed by atoms with van der Waals surface area (Å²) < 4.78 is 0. The Bertz CT molecular complexity index is 822. The van der Waals surface area contributed by atoms with Crippen LogP contribution < -0.4 is 15.1 Å². The van der Waals surface area contributed by atoms with E-state index < -0.39 is 0 Å². The molecule has 0 bridgehead atoms. The quantitative estimate of drug-likeness (QED) is 0.708. The van der Waals surface area contributed by atoms with Gasteiger partial charge < -0.3 is 15.1 Å². The van der Waals surface area contributed by atoms with Crippen molar-refractivity contribution in [3.05, 3.63) is 6.20 Å². The molecular formula is C24H36N6O. The molecule has 2 aliphatic heterocycles. The minimum atomic E-state index is -0.138. The van der Waals surface area contributed by atoms with Crippen LogP contribution >= 0.6 is 0 Å². The highest BCUT2D eigenvalue weighted by Crippen LogP contribution is 2.40. The first kappa shape index (κ1) is 21.9. The van der Waals surface area contributed by atoms with E-state index in [1.165, 1.54) is 12.8 Å². The van der Waals surface area contributed by atoms with Crippen LogP contribution in [-0.2, 0) is 4.79 Å². The highest BCUT2D eigenvalue weighted by atomic mass is 16.2. The van der Waals surface area contributed by atoms with Gasteiger partial charge in [-0.1, -0.05) is 25.7 Å². The number of anilines is 3. The van der Waals surface area contributed by atoms with Crippen molar-refractivity contribution >= 4 is 23.4 Å². The summed E-state index contributed by atoms with van der Waals surface area (Å²) in [6.45, 7) is 7.16. The third-order valence-corrected chi connectivity index (χ3v) is 7.42. The Balaban J connectivity index is 1.53. The normalized spacial score (nSPS) is 24.2. The van der Waals surface area contributed by atoms with Crippen LogP contribution in [0.4, 0.5) is 17.5 Å². The van der Waals surface area contributed by atoms with Gasteiger partial charge >= 0.3 is 0 Å². The maximum atomic E-state index is 13.0. The fourth-order valence-corrected chi connectivity index (χ4v) is 5.51. The SMILES string of the molecule is C#CCN1CCC([C@H](C)Nc2ncc3c(n2)N(C2CCCC2)C(CC)C(=O)N3C)CC1. The maximum absolute atomic E-state index is 13.0. The number of likely N-dealkylation sites (tertiary alicyclic amines) is 1. The summed E-state index contributed by atoms with van der Waals surface area (Å²) in [5.41, 5.74) is 0.822. The molecule has 3 aliphatic rings. The summed E-state index contributed by atoms with van der Waals surface area (Å²) in [6, 6.07) is 0.541. The Labute approximate surface area is 186 Å². The number of nitrogens with zero attached hydrogens (tertiary/aromatic N) is 5. The van der Waals surface area contributed by atoms with Gasteiger partial charge in [0, 0.05) is 19.1 Å². The second-order valence-corrected chi connectivity index (χ2v) is 9.32. The number of fused-ring (bicyclic) bond motifs is 1. The van der Waals surface area contributed by atoms with Crippen molar-refractivity contribution in [2.24, 2.45) is 5.92 Å². The third-order valence-electron chi connectivity index (χ3n) is 7.42. The van der Waals surface area contributed by atoms with Crippen molar-refractivity contribution in [3.8, 4) is 12.3 Å². The molecule has 1 unspecified atom stereocenters. The predicted octanol–water partition coefficient (Wildman–Crippen LogP) is 3.13. The number of carbonyl (C=O) groups excluding carboxylic acids is 1. The van der Waals surface area contributed by atoms with Crippen LogP contribution in [0.15, 0.2) is 6.20 Å². The van der Waals surface area contributed by atoms with Gasteiger partial charge in [0.05, 0.1) is 12.7 Å². The lowest BCUT2D eigenvalue weighted by atomic mass is 9.90. The zero-order valence-corrected chi connectivity index (χ0v) is 19.2. The molecular weight excluding hydrogens is 388 g/mol. The van der Waals surface area contributed by atoms with Crippen molar-refractivity contribution in [2.45, 2.75) is 76.9 Å². The molecule has 0 spiro atoms. The molecule has 1 saturated carbocycles. The Morgan fingerprint density at radius 3 is 2.61 bits per heavy atom. The third kappa shape index (κ3) is 4.36. The van der Waals surface area contributed by atoms with Crippen LogP contribution in [0.2, 0.25) is 0 Å². The number of rotatable bonds is 6. The van der Waals surface area contributed by atoms with Gasteiger partial charge in [-0.2, -0.15) is 4.98 Å². The lowest BCUT2D eigenvalue weighted by Gasteiger charge is -2.43. The van der Waals surface area contributed by atoms with Gasteiger partial charge in [-0.15, -0.1) is 6.42 Å². The number of carbonyl (C=O) groups is 1. The van der Waals surface area contributed by atoms with Crippen LogP contribution in [0.5, 0.6) is 0 Å². The molecule has 1 N–H and O–H groups in total. The molecule has 7 nitrogen and oxygen atoms in total. The van der Waals surface area contributed by atoms with Crippen LogP contribution in [0, 0.1) is 18.3 Å². The average molecular weight is 425 g/mol. The van der Waals surface area contributed by atoms with E-state index in [0.29, 0.717) is 17.9 Å². The van der Waals surface area contributed by atoms with E-state index in [2.05, 4.69) is 39.9 Å².